The highest BCUT2D eigenvalue weighted by Crippen LogP contribution is 1.94. The Balaban J connectivity index is 3.48. The van der Waals surface area contributed by atoms with Crippen LogP contribution in [-0.2, 0) is 9.47 Å². The molecule has 0 heterocycles. The second-order valence-electron chi connectivity index (χ2n) is 3.23. The molecule has 1 atom stereocenters. The fourth-order valence-corrected chi connectivity index (χ4v) is 1.11. The molecular formula is C11H23NO2. The van der Waals surface area contributed by atoms with Crippen LogP contribution in [0.4, 0.5) is 0 Å². The molecule has 0 aliphatic heterocycles. The first kappa shape index (κ1) is 13.6. The Hall–Kier alpha value is -0.380. The molecule has 14 heavy (non-hydrogen) atoms. The minimum absolute atomic E-state index is 0.159. The molecule has 0 saturated heterocycles. The summed E-state index contributed by atoms with van der Waals surface area (Å²) in [5, 5.41) is 3.32. The summed E-state index contributed by atoms with van der Waals surface area (Å²) in [6.07, 6.45) is 4.07. The van der Waals surface area contributed by atoms with Crippen LogP contribution in [0.1, 0.15) is 19.8 Å². The Morgan fingerprint density at radius 1 is 1.50 bits per heavy atom. The summed E-state index contributed by atoms with van der Waals surface area (Å²) in [4.78, 5) is 0. The quantitative estimate of drug-likeness (QED) is 0.430. The molecule has 0 saturated carbocycles. The van der Waals surface area contributed by atoms with E-state index in [0.717, 1.165) is 32.5 Å². The van der Waals surface area contributed by atoms with Crippen LogP contribution in [0.25, 0.3) is 0 Å². The van der Waals surface area contributed by atoms with E-state index in [1.165, 1.54) is 0 Å². The third kappa shape index (κ3) is 8.23. The molecule has 0 aliphatic rings. The maximum atomic E-state index is 5.61. The van der Waals surface area contributed by atoms with Gasteiger partial charge in [0.1, 0.15) is 0 Å². The Morgan fingerprint density at radius 2 is 2.29 bits per heavy atom. The number of methoxy groups -OCH3 is 1. The van der Waals surface area contributed by atoms with Crippen LogP contribution in [0, 0.1) is 0 Å². The van der Waals surface area contributed by atoms with E-state index in [-0.39, 0.29) is 6.10 Å². The molecule has 3 heteroatoms. The maximum absolute atomic E-state index is 5.61. The third-order valence-electron chi connectivity index (χ3n) is 1.83. The zero-order chi connectivity index (χ0) is 10.6. The number of hydrogen-bond acceptors (Lipinski definition) is 3. The molecule has 0 spiro atoms. The van der Waals surface area contributed by atoms with Gasteiger partial charge < -0.3 is 14.8 Å². The zero-order valence-electron chi connectivity index (χ0n) is 9.42. The number of rotatable bonds is 10. The van der Waals surface area contributed by atoms with Gasteiger partial charge in [0.05, 0.1) is 19.3 Å². The van der Waals surface area contributed by atoms with Gasteiger partial charge in [0, 0.05) is 13.7 Å². The largest absolute Gasteiger partial charge is 0.382 e. The van der Waals surface area contributed by atoms with Crippen LogP contribution >= 0.6 is 0 Å². The molecule has 0 aromatic heterocycles. The standard InChI is InChI=1S/C11H23NO2/c1-4-6-8-14-11(10-13-3)9-12-7-5-2/h4,11-12H,1,5-10H2,2-3H3. The molecule has 0 rings (SSSR count). The average Bonchev–Trinajstić information content (AvgIpc) is 2.18. The van der Waals surface area contributed by atoms with E-state index in [9.17, 15) is 0 Å². The minimum atomic E-state index is 0.159. The first-order chi connectivity index (χ1) is 6.85. The highest BCUT2D eigenvalue weighted by molar-refractivity contribution is 4.67. The summed E-state index contributed by atoms with van der Waals surface area (Å²) in [5.41, 5.74) is 0. The smallest absolute Gasteiger partial charge is 0.0932 e. The Morgan fingerprint density at radius 3 is 2.86 bits per heavy atom. The summed E-state index contributed by atoms with van der Waals surface area (Å²) >= 11 is 0. The second kappa shape index (κ2) is 10.7. The highest BCUT2D eigenvalue weighted by atomic mass is 16.5. The van der Waals surface area contributed by atoms with Crippen molar-refractivity contribution >= 4 is 0 Å². The fraction of sp³-hybridized carbons (Fsp3) is 0.818. The number of ether oxygens (including phenoxy) is 2. The normalized spacial score (nSPS) is 12.7. The summed E-state index contributed by atoms with van der Waals surface area (Å²) < 4.78 is 10.7. The van der Waals surface area contributed by atoms with Crippen molar-refractivity contribution in [3.63, 3.8) is 0 Å². The van der Waals surface area contributed by atoms with Gasteiger partial charge in [-0.05, 0) is 19.4 Å². The highest BCUT2D eigenvalue weighted by Gasteiger charge is 2.06. The first-order valence-electron chi connectivity index (χ1n) is 5.27. The topological polar surface area (TPSA) is 30.5 Å². The van der Waals surface area contributed by atoms with Gasteiger partial charge in [0.25, 0.3) is 0 Å². The van der Waals surface area contributed by atoms with Gasteiger partial charge >= 0.3 is 0 Å². The summed E-state index contributed by atoms with van der Waals surface area (Å²) in [5.74, 6) is 0. The van der Waals surface area contributed by atoms with Gasteiger partial charge in [-0.25, -0.2) is 0 Å². The van der Waals surface area contributed by atoms with E-state index < -0.39 is 0 Å². The lowest BCUT2D eigenvalue weighted by Crippen LogP contribution is -2.33. The van der Waals surface area contributed by atoms with E-state index in [1.54, 1.807) is 7.11 Å². The monoisotopic (exact) mass is 201 g/mol. The molecule has 0 aliphatic carbocycles. The lowest BCUT2D eigenvalue weighted by atomic mass is 10.3. The Bertz CT molecular complexity index is 128. The van der Waals surface area contributed by atoms with Crippen LogP contribution < -0.4 is 5.32 Å². The lowest BCUT2D eigenvalue weighted by molar-refractivity contribution is 0.00119. The van der Waals surface area contributed by atoms with Crippen molar-refractivity contribution < 1.29 is 9.47 Å². The van der Waals surface area contributed by atoms with Crippen molar-refractivity contribution in [2.75, 3.05) is 33.4 Å². The zero-order valence-corrected chi connectivity index (χ0v) is 9.42. The molecule has 0 fully saturated rings. The molecule has 0 aromatic carbocycles. The van der Waals surface area contributed by atoms with E-state index in [0.29, 0.717) is 6.61 Å². The van der Waals surface area contributed by atoms with Gasteiger partial charge in [0.15, 0.2) is 0 Å². The molecule has 0 amide bonds. The van der Waals surface area contributed by atoms with Crippen molar-refractivity contribution in [1.82, 2.24) is 5.32 Å². The lowest BCUT2D eigenvalue weighted by Gasteiger charge is -2.17. The molecular weight excluding hydrogens is 178 g/mol. The third-order valence-corrected chi connectivity index (χ3v) is 1.83. The van der Waals surface area contributed by atoms with Crippen molar-refractivity contribution in [3.8, 4) is 0 Å². The van der Waals surface area contributed by atoms with Crippen molar-refractivity contribution in [3.05, 3.63) is 12.7 Å². The van der Waals surface area contributed by atoms with Crippen LogP contribution in [0.2, 0.25) is 0 Å². The number of hydrogen-bond donors (Lipinski definition) is 1. The summed E-state index contributed by atoms with van der Waals surface area (Å²) in [6, 6.07) is 0. The van der Waals surface area contributed by atoms with Gasteiger partial charge in [0.2, 0.25) is 0 Å². The molecule has 3 nitrogen and oxygen atoms in total. The van der Waals surface area contributed by atoms with E-state index in [1.807, 2.05) is 6.08 Å². The second-order valence-corrected chi connectivity index (χ2v) is 3.23. The molecule has 0 bridgehead atoms. The average molecular weight is 201 g/mol. The molecule has 0 radical (unpaired) electrons. The minimum Gasteiger partial charge on any atom is -0.382 e. The van der Waals surface area contributed by atoms with E-state index in [4.69, 9.17) is 9.47 Å². The summed E-state index contributed by atoms with van der Waals surface area (Å²) in [6.45, 7) is 9.07. The van der Waals surface area contributed by atoms with Crippen molar-refractivity contribution in [2.24, 2.45) is 0 Å². The van der Waals surface area contributed by atoms with Crippen LogP contribution in [0.3, 0.4) is 0 Å². The Kier molecular flexibility index (Phi) is 10.4. The summed E-state index contributed by atoms with van der Waals surface area (Å²) in [7, 11) is 1.70. The van der Waals surface area contributed by atoms with E-state index in [2.05, 4.69) is 18.8 Å². The molecule has 1 unspecified atom stereocenters. The van der Waals surface area contributed by atoms with Gasteiger partial charge in [-0.1, -0.05) is 13.0 Å². The maximum Gasteiger partial charge on any atom is 0.0932 e. The fourth-order valence-electron chi connectivity index (χ4n) is 1.11. The molecule has 1 N–H and O–H groups in total. The SMILES string of the molecule is C=CCCOC(CNCCC)COC. The van der Waals surface area contributed by atoms with Crippen LogP contribution in [0.15, 0.2) is 12.7 Å². The predicted octanol–water partition coefficient (Wildman–Crippen LogP) is 1.59. The van der Waals surface area contributed by atoms with Crippen molar-refractivity contribution in [2.45, 2.75) is 25.9 Å². The molecule has 0 aromatic rings. The van der Waals surface area contributed by atoms with E-state index >= 15 is 0 Å². The van der Waals surface area contributed by atoms with Crippen molar-refractivity contribution in [1.29, 1.82) is 0 Å². The molecule has 84 valence electrons. The Labute approximate surface area is 87.5 Å². The predicted molar refractivity (Wildman–Crippen MR) is 59.6 cm³/mol. The van der Waals surface area contributed by atoms with Gasteiger partial charge in [-0.3, -0.25) is 0 Å². The first-order valence-corrected chi connectivity index (χ1v) is 5.27. The number of nitrogens with one attached hydrogen (secondary N) is 1. The van der Waals surface area contributed by atoms with Gasteiger partial charge in [-0.15, -0.1) is 6.58 Å². The van der Waals surface area contributed by atoms with Crippen LogP contribution in [-0.4, -0.2) is 39.5 Å². The van der Waals surface area contributed by atoms with Crippen LogP contribution in [0.5, 0.6) is 0 Å². The van der Waals surface area contributed by atoms with Gasteiger partial charge in [-0.2, -0.15) is 0 Å².